The van der Waals surface area contributed by atoms with Crippen LogP contribution in [0.3, 0.4) is 0 Å². The van der Waals surface area contributed by atoms with Crippen LogP contribution in [0.5, 0.6) is 5.75 Å². The number of piperidine rings is 1. The number of hydrogen-bond acceptors (Lipinski definition) is 6. The summed E-state index contributed by atoms with van der Waals surface area (Å²) in [5, 5.41) is 2.91. The third-order valence-electron chi connectivity index (χ3n) is 7.81. The summed E-state index contributed by atoms with van der Waals surface area (Å²) in [7, 11) is 1.60. The number of Topliss-reactive ketones (excluding diaryl/α,β-unsaturated/α-hetero) is 1. The Balaban J connectivity index is 0.00000237. The quantitative estimate of drug-likeness (QED) is 0.318. The summed E-state index contributed by atoms with van der Waals surface area (Å²) >= 11 is 0. The van der Waals surface area contributed by atoms with Crippen molar-refractivity contribution in [3.05, 3.63) is 83.9 Å². The van der Waals surface area contributed by atoms with E-state index in [4.69, 9.17) is 13.4 Å². The molecular formula is C31H41N5O4. The minimum atomic E-state index is -0.842. The molecule has 2 aromatic carbocycles. The van der Waals surface area contributed by atoms with Crippen LogP contribution in [-0.4, -0.2) is 64.7 Å². The maximum absolute atomic E-state index is 13.9. The molecule has 214 valence electrons. The predicted molar refractivity (Wildman–Crippen MR) is 155 cm³/mol. The Morgan fingerprint density at radius 1 is 1.12 bits per heavy atom. The minimum absolute atomic E-state index is 0.178. The lowest BCUT2D eigenvalue weighted by Gasteiger charge is -2.42. The highest BCUT2D eigenvalue weighted by Gasteiger charge is 2.43. The average molecular weight is 550 g/mol. The molecule has 0 bridgehead atoms. The van der Waals surface area contributed by atoms with Gasteiger partial charge in [0.2, 0.25) is 11.8 Å². The highest BCUT2D eigenvalue weighted by atomic mass is 16.5. The Hall–Kier alpha value is -3.98. The highest BCUT2D eigenvalue weighted by Crippen LogP contribution is 2.38. The topological polar surface area (TPSA) is 130 Å². The fourth-order valence-electron chi connectivity index (χ4n) is 5.48. The van der Waals surface area contributed by atoms with Gasteiger partial charge in [0.1, 0.15) is 17.6 Å². The van der Waals surface area contributed by atoms with E-state index in [-0.39, 0.29) is 18.1 Å². The van der Waals surface area contributed by atoms with E-state index in [1.807, 2.05) is 61.5 Å². The van der Waals surface area contributed by atoms with Gasteiger partial charge in [-0.05, 0) is 42.5 Å². The summed E-state index contributed by atoms with van der Waals surface area (Å²) in [6.45, 7) is 2.87. The molecule has 2 amide bonds. The van der Waals surface area contributed by atoms with Gasteiger partial charge in [0.15, 0.2) is 0 Å². The summed E-state index contributed by atoms with van der Waals surface area (Å²) < 4.78 is 15.3. The molecule has 9 heteroatoms. The number of carbonyl (C=O) groups is 3. The van der Waals surface area contributed by atoms with E-state index in [2.05, 4.69) is 15.3 Å². The van der Waals surface area contributed by atoms with Crippen molar-refractivity contribution in [2.45, 2.75) is 62.9 Å². The zero-order valence-electron chi connectivity index (χ0n) is 25.3. The van der Waals surface area contributed by atoms with E-state index in [0.29, 0.717) is 44.5 Å². The van der Waals surface area contributed by atoms with E-state index < -0.39 is 23.4 Å². The monoisotopic (exact) mass is 549 g/mol. The number of benzene rings is 2. The molecule has 3 aromatic rings. The van der Waals surface area contributed by atoms with Crippen LogP contribution in [0.2, 0.25) is 0 Å². The van der Waals surface area contributed by atoms with Crippen LogP contribution in [0, 0.1) is 0 Å². The van der Waals surface area contributed by atoms with E-state index in [1.165, 1.54) is 6.33 Å². The lowest BCUT2D eigenvalue weighted by Crippen LogP contribution is -2.57. The zero-order valence-corrected chi connectivity index (χ0v) is 23.3. The number of rotatable bonds is 12. The number of ketones is 1. The van der Waals surface area contributed by atoms with Crippen LogP contribution in [0.4, 0.5) is 0 Å². The van der Waals surface area contributed by atoms with Gasteiger partial charge < -0.3 is 25.7 Å². The summed E-state index contributed by atoms with van der Waals surface area (Å²) in [4.78, 5) is 49.1. The van der Waals surface area contributed by atoms with Gasteiger partial charge in [-0.15, -0.1) is 0 Å². The fourth-order valence-corrected chi connectivity index (χ4v) is 5.48. The Kier molecular flexibility index (Phi) is 9.23. The number of nitrogens with one attached hydrogen (secondary N) is 2. The molecule has 1 aliphatic rings. The molecule has 0 aliphatic carbocycles. The number of hydrogen-bond donors (Lipinski definition) is 3. The van der Waals surface area contributed by atoms with Crippen molar-refractivity contribution in [1.29, 1.82) is 0 Å². The maximum Gasteiger partial charge on any atom is 0.245 e. The first kappa shape index (κ1) is 27.6. The first-order valence-electron chi connectivity index (χ1n) is 14.9. The number of nitrogens with zero attached hydrogens (tertiary/aromatic N) is 2. The van der Waals surface area contributed by atoms with Gasteiger partial charge in [0.25, 0.3) is 0 Å². The Labute approximate surface area is 238 Å². The molecule has 4 N–H and O–H groups in total. The summed E-state index contributed by atoms with van der Waals surface area (Å²) in [5.41, 5.74) is 8.22. The van der Waals surface area contributed by atoms with Crippen LogP contribution in [-0.2, 0) is 32.6 Å². The number of methoxy groups -OCH3 is 1. The molecule has 2 atom stereocenters. The van der Waals surface area contributed by atoms with Crippen molar-refractivity contribution in [3.63, 3.8) is 0 Å². The second kappa shape index (κ2) is 13.4. The molecule has 1 fully saturated rings. The van der Waals surface area contributed by atoms with Gasteiger partial charge in [-0.1, -0.05) is 49.4 Å². The molecule has 1 aromatic heterocycles. The van der Waals surface area contributed by atoms with Gasteiger partial charge in [-0.3, -0.25) is 14.4 Å². The first-order chi connectivity index (χ1) is 20.4. The van der Waals surface area contributed by atoms with E-state index >= 15 is 0 Å². The molecule has 2 heterocycles. The largest absolute Gasteiger partial charge is 0.497 e. The molecule has 4 rings (SSSR count). The Morgan fingerprint density at radius 3 is 2.42 bits per heavy atom. The minimum Gasteiger partial charge on any atom is -0.497 e. The van der Waals surface area contributed by atoms with Crippen molar-refractivity contribution in [2.75, 3.05) is 20.2 Å². The number of likely N-dealkylation sites (tertiary alicyclic amines) is 1. The second-order valence-corrected chi connectivity index (χ2v) is 10.4. The van der Waals surface area contributed by atoms with Crippen LogP contribution in [0.25, 0.3) is 0 Å². The van der Waals surface area contributed by atoms with Gasteiger partial charge in [0.05, 0.1) is 24.9 Å². The molecule has 1 aliphatic heterocycles. The number of imidazole rings is 1. The van der Waals surface area contributed by atoms with Crippen LogP contribution in [0.1, 0.15) is 52.4 Å². The van der Waals surface area contributed by atoms with Crippen LogP contribution >= 0.6 is 0 Å². The lowest BCUT2D eigenvalue weighted by molar-refractivity contribution is -0.139. The zero-order chi connectivity index (χ0) is 30.5. The molecule has 9 nitrogen and oxygen atoms in total. The number of carbonyl (C=O) groups excluding carboxylic acids is 3. The van der Waals surface area contributed by atoms with Crippen LogP contribution in [0.15, 0.2) is 67.1 Å². The number of H-pyrrole nitrogens is 1. The first-order valence-corrected chi connectivity index (χ1v) is 13.9. The molecule has 0 radical (unpaired) electrons. The predicted octanol–water partition coefficient (Wildman–Crippen LogP) is 3.19. The van der Waals surface area contributed by atoms with Gasteiger partial charge in [-0.2, -0.15) is 0 Å². The fraction of sp³-hybridized carbons (Fsp3) is 0.419. The summed E-state index contributed by atoms with van der Waals surface area (Å²) in [6, 6.07) is 15.7. The molecule has 1 saturated heterocycles. The number of aromatic nitrogens is 2. The van der Waals surface area contributed by atoms with Crippen molar-refractivity contribution in [2.24, 2.45) is 5.73 Å². The van der Waals surface area contributed by atoms with Gasteiger partial charge in [-0.25, -0.2) is 4.98 Å². The van der Waals surface area contributed by atoms with Crippen molar-refractivity contribution < 1.29 is 22.1 Å². The standard InChI is InChI=1S/C31H39N5O4.H2/c1-3-7-28(37)31(23-8-5-4-6-9-23)14-16-36(17-15-31)30(39)27(18-22-10-12-25(40-2)13-11-22)35-29(38)26(32)19-24-20-33-21-34-24;/h4-6,8-13,20-21,26-27H,3,7,14-19,32H2,1-2H3,(H,33,34)(H,35,38);1H/t26-,27+;/m0./s1/i;1+1D. The lowest BCUT2D eigenvalue weighted by atomic mass is 9.68. The second-order valence-electron chi connectivity index (χ2n) is 10.4. The Morgan fingerprint density at radius 2 is 1.82 bits per heavy atom. The average Bonchev–Trinajstić information content (AvgIpc) is 3.55. The van der Waals surface area contributed by atoms with Crippen molar-refractivity contribution in [3.8, 4) is 5.75 Å². The Bertz CT molecular complexity index is 1260. The van der Waals surface area contributed by atoms with Crippen LogP contribution < -0.4 is 15.8 Å². The number of ether oxygens (including phenoxy) is 1. The molecule has 0 spiro atoms. The van der Waals surface area contributed by atoms with Crippen molar-refractivity contribution in [1.82, 2.24) is 20.2 Å². The number of aromatic amines is 1. The molecule has 40 heavy (non-hydrogen) atoms. The molecule has 0 saturated carbocycles. The molecular weight excluding hydrogens is 506 g/mol. The highest BCUT2D eigenvalue weighted by molar-refractivity contribution is 5.92. The molecule has 0 unspecified atom stereocenters. The van der Waals surface area contributed by atoms with Crippen molar-refractivity contribution >= 4 is 17.6 Å². The summed E-state index contributed by atoms with van der Waals surface area (Å²) in [6.07, 6.45) is 6.12. The maximum atomic E-state index is 13.9. The smallest absolute Gasteiger partial charge is 0.245 e. The number of nitrogens with two attached hydrogens (primary N) is 1. The third-order valence-corrected chi connectivity index (χ3v) is 7.81. The SMILES string of the molecule is CCCC(=O)C1(c2ccccc2)CCN(C(=O)[C@@H](Cc2ccc(OC)cc2)NC(=O)[C@@H](N)Cc2cnc[nH]2)CC1.[2H][2H]. The van der Waals surface area contributed by atoms with E-state index in [9.17, 15) is 14.4 Å². The third kappa shape index (κ3) is 6.77. The normalized spacial score (nSPS) is 16.3. The van der Waals surface area contributed by atoms with E-state index in [1.54, 1.807) is 18.2 Å². The van der Waals surface area contributed by atoms with E-state index in [0.717, 1.165) is 23.2 Å². The van der Waals surface area contributed by atoms with Gasteiger partial charge >= 0.3 is 0 Å². The van der Waals surface area contributed by atoms with Gasteiger partial charge in [0, 0.05) is 47.2 Å². The summed E-state index contributed by atoms with van der Waals surface area (Å²) in [5.74, 6) is 0.348. The number of amides is 2.